The Bertz CT molecular complexity index is 805. The van der Waals surface area contributed by atoms with E-state index in [4.69, 9.17) is 4.74 Å². The van der Waals surface area contributed by atoms with E-state index in [1.165, 1.54) is 0 Å². The lowest BCUT2D eigenvalue weighted by atomic mass is 9.92. The maximum absolute atomic E-state index is 12.9. The van der Waals surface area contributed by atoms with Gasteiger partial charge in [0.25, 0.3) is 0 Å². The fourth-order valence-electron chi connectivity index (χ4n) is 3.64. The van der Waals surface area contributed by atoms with E-state index in [1.54, 1.807) is 27.7 Å². The molecule has 0 spiro atoms. The predicted molar refractivity (Wildman–Crippen MR) is 137 cm³/mol. The number of amides is 3. The van der Waals surface area contributed by atoms with Crippen LogP contribution in [0.5, 0.6) is 0 Å². The van der Waals surface area contributed by atoms with Crippen LogP contribution in [0.2, 0.25) is 0 Å². The molecule has 198 valence electrons. The van der Waals surface area contributed by atoms with Crippen molar-refractivity contribution in [1.29, 1.82) is 0 Å². The van der Waals surface area contributed by atoms with Crippen LogP contribution < -0.4 is 16.0 Å². The highest BCUT2D eigenvalue weighted by Crippen LogP contribution is 2.17. The normalized spacial score (nSPS) is 15.2. The first-order valence-corrected chi connectivity index (χ1v) is 12.5. The Morgan fingerprint density at radius 1 is 0.914 bits per heavy atom. The van der Waals surface area contributed by atoms with Gasteiger partial charge in [0, 0.05) is 12.5 Å². The summed E-state index contributed by atoms with van der Waals surface area (Å²) in [5.41, 5.74) is 0.317. The highest BCUT2D eigenvalue weighted by atomic mass is 16.6. The van der Waals surface area contributed by atoms with Crippen LogP contribution in [0.1, 0.15) is 73.8 Å². The van der Waals surface area contributed by atoms with E-state index in [-0.39, 0.29) is 30.1 Å². The monoisotopic (exact) mass is 491 g/mol. The highest BCUT2D eigenvalue weighted by molar-refractivity contribution is 5.88. The van der Waals surface area contributed by atoms with Crippen molar-refractivity contribution in [3.63, 3.8) is 0 Å². The first-order chi connectivity index (χ1) is 16.2. The minimum atomic E-state index is -0.949. The van der Waals surface area contributed by atoms with Gasteiger partial charge in [-0.2, -0.15) is 0 Å². The quantitative estimate of drug-likeness (QED) is 0.355. The molecule has 1 aromatic carbocycles. The zero-order chi connectivity index (χ0) is 26.8. The molecule has 0 aliphatic heterocycles. The number of hydrogen-bond donors (Lipinski definition) is 4. The maximum atomic E-state index is 12.9. The maximum Gasteiger partial charge on any atom is 0.407 e. The number of nitrogens with one attached hydrogen (secondary N) is 3. The number of ether oxygens (including phenoxy) is 1. The van der Waals surface area contributed by atoms with Crippen LogP contribution in [0.15, 0.2) is 30.3 Å². The molecule has 3 amide bonds. The zero-order valence-electron chi connectivity index (χ0n) is 22.6. The summed E-state index contributed by atoms with van der Waals surface area (Å²) in [7, 11) is 0. The van der Waals surface area contributed by atoms with Crippen LogP contribution in [0.25, 0.3) is 0 Å². The Morgan fingerprint density at radius 2 is 1.51 bits per heavy atom. The first-order valence-electron chi connectivity index (χ1n) is 12.5. The standard InChI is InChI=1S/C27H45N3O5/c1-17(2)14-21(29-26(34)35-27(6,7)8)22(31)15-19(5)24(32)30-23(18(3)4)25(33)28-16-20-12-10-9-11-13-20/h9-13,17-19,21-23,31H,14-16H2,1-8H3,(H,28,33)(H,29,34)(H,30,32)/t19-,21+,22+,23+/m1/s1. The molecule has 1 rings (SSSR count). The Balaban J connectivity index is 2.74. The van der Waals surface area contributed by atoms with Crippen molar-refractivity contribution in [3.8, 4) is 0 Å². The molecular formula is C27H45N3O5. The first kappa shape index (κ1) is 30.4. The lowest BCUT2D eigenvalue weighted by Crippen LogP contribution is -2.52. The molecule has 0 radical (unpaired) electrons. The van der Waals surface area contributed by atoms with E-state index in [0.29, 0.717) is 13.0 Å². The Kier molecular flexibility index (Phi) is 12.2. The van der Waals surface area contributed by atoms with E-state index >= 15 is 0 Å². The largest absolute Gasteiger partial charge is 0.444 e. The summed E-state index contributed by atoms with van der Waals surface area (Å²) < 4.78 is 5.33. The molecule has 8 nitrogen and oxygen atoms in total. The van der Waals surface area contributed by atoms with E-state index in [1.807, 2.05) is 58.0 Å². The summed E-state index contributed by atoms with van der Waals surface area (Å²) in [6.45, 7) is 15.1. The van der Waals surface area contributed by atoms with Crippen molar-refractivity contribution in [3.05, 3.63) is 35.9 Å². The summed E-state index contributed by atoms with van der Waals surface area (Å²) in [4.78, 5) is 37.9. The lowest BCUT2D eigenvalue weighted by Gasteiger charge is -2.29. The fraction of sp³-hybridized carbons (Fsp3) is 0.667. The number of alkyl carbamates (subject to hydrolysis) is 1. The van der Waals surface area contributed by atoms with Gasteiger partial charge >= 0.3 is 6.09 Å². The number of aliphatic hydroxyl groups is 1. The molecule has 4 atom stereocenters. The van der Waals surface area contributed by atoms with Gasteiger partial charge < -0.3 is 25.8 Å². The van der Waals surface area contributed by atoms with Gasteiger partial charge in [-0.1, -0.05) is 65.0 Å². The molecule has 8 heteroatoms. The summed E-state index contributed by atoms with van der Waals surface area (Å²) in [6, 6.07) is 8.30. The molecule has 0 fully saturated rings. The zero-order valence-corrected chi connectivity index (χ0v) is 22.6. The average molecular weight is 492 g/mol. The molecule has 0 saturated heterocycles. The third kappa shape index (κ3) is 12.1. The summed E-state index contributed by atoms with van der Waals surface area (Å²) >= 11 is 0. The van der Waals surface area contributed by atoms with Gasteiger partial charge in [-0.3, -0.25) is 9.59 Å². The van der Waals surface area contributed by atoms with Crippen LogP contribution in [0, 0.1) is 17.8 Å². The van der Waals surface area contributed by atoms with Crippen molar-refractivity contribution >= 4 is 17.9 Å². The summed E-state index contributed by atoms with van der Waals surface area (Å²) in [6.07, 6.45) is -0.884. The second-order valence-electron chi connectivity index (χ2n) is 11.0. The summed E-state index contributed by atoms with van der Waals surface area (Å²) in [5.74, 6) is -1.04. The number of carbonyl (C=O) groups is 3. The molecule has 0 saturated carbocycles. The molecule has 0 aliphatic rings. The Morgan fingerprint density at radius 3 is 2.03 bits per heavy atom. The molecule has 0 bridgehead atoms. The van der Waals surface area contributed by atoms with Gasteiger partial charge in [0.05, 0.1) is 12.1 Å². The minimum Gasteiger partial charge on any atom is -0.444 e. The average Bonchev–Trinajstić information content (AvgIpc) is 2.73. The molecule has 0 aliphatic carbocycles. The second-order valence-corrected chi connectivity index (χ2v) is 11.0. The van der Waals surface area contributed by atoms with Gasteiger partial charge in [0.2, 0.25) is 11.8 Å². The molecule has 0 aromatic heterocycles. The van der Waals surface area contributed by atoms with Gasteiger partial charge in [-0.15, -0.1) is 0 Å². The Hall–Kier alpha value is -2.61. The number of carbonyl (C=O) groups excluding carboxylic acids is 3. The third-order valence-corrected chi connectivity index (χ3v) is 5.49. The second kappa shape index (κ2) is 14.1. The molecule has 35 heavy (non-hydrogen) atoms. The van der Waals surface area contributed by atoms with Crippen LogP contribution in [0.4, 0.5) is 4.79 Å². The van der Waals surface area contributed by atoms with Gasteiger partial charge in [-0.25, -0.2) is 4.79 Å². The van der Waals surface area contributed by atoms with E-state index in [9.17, 15) is 19.5 Å². The highest BCUT2D eigenvalue weighted by Gasteiger charge is 2.30. The SMILES string of the molecule is CC(C)C[C@H](NC(=O)OC(C)(C)C)[C@@H](O)C[C@@H](C)C(=O)N[C@H](C(=O)NCc1ccccc1)C(C)C. The smallest absolute Gasteiger partial charge is 0.407 e. The Labute approximate surface area is 210 Å². The lowest BCUT2D eigenvalue weighted by molar-refractivity contribution is -0.132. The molecule has 4 N–H and O–H groups in total. The number of rotatable bonds is 12. The van der Waals surface area contributed by atoms with Gasteiger partial charge in [0.1, 0.15) is 11.6 Å². The van der Waals surface area contributed by atoms with Crippen LogP contribution in [-0.2, 0) is 20.9 Å². The molecule has 0 heterocycles. The van der Waals surface area contributed by atoms with Crippen LogP contribution in [-0.4, -0.2) is 46.8 Å². The van der Waals surface area contributed by atoms with E-state index in [0.717, 1.165) is 5.56 Å². The number of hydrogen-bond acceptors (Lipinski definition) is 5. The van der Waals surface area contributed by atoms with Gasteiger partial charge in [0.15, 0.2) is 0 Å². The summed E-state index contributed by atoms with van der Waals surface area (Å²) in [5, 5.41) is 19.3. The number of aliphatic hydroxyl groups excluding tert-OH is 1. The third-order valence-electron chi connectivity index (χ3n) is 5.49. The topological polar surface area (TPSA) is 117 Å². The van der Waals surface area contributed by atoms with Gasteiger partial charge in [-0.05, 0) is 51.0 Å². The van der Waals surface area contributed by atoms with Crippen molar-refractivity contribution in [2.75, 3.05) is 0 Å². The predicted octanol–water partition coefficient (Wildman–Crippen LogP) is 3.77. The fourth-order valence-corrected chi connectivity index (χ4v) is 3.64. The van der Waals surface area contributed by atoms with Crippen LogP contribution in [0.3, 0.4) is 0 Å². The minimum absolute atomic E-state index is 0.116. The molecule has 0 unspecified atom stereocenters. The number of benzene rings is 1. The van der Waals surface area contributed by atoms with Crippen molar-refractivity contribution in [2.45, 2.75) is 98.6 Å². The van der Waals surface area contributed by atoms with Crippen LogP contribution >= 0.6 is 0 Å². The van der Waals surface area contributed by atoms with Crippen molar-refractivity contribution < 1.29 is 24.2 Å². The van der Waals surface area contributed by atoms with Crippen molar-refractivity contribution in [2.24, 2.45) is 17.8 Å². The van der Waals surface area contributed by atoms with Crippen molar-refractivity contribution in [1.82, 2.24) is 16.0 Å². The van der Waals surface area contributed by atoms with E-state index in [2.05, 4.69) is 16.0 Å². The molecule has 1 aromatic rings. The molecular weight excluding hydrogens is 446 g/mol. The van der Waals surface area contributed by atoms with E-state index < -0.39 is 35.8 Å².